The molecular formula is C23H17Cl3N4O2S. The summed E-state index contributed by atoms with van der Waals surface area (Å²) in [4.78, 5) is -0.0713. The van der Waals surface area contributed by atoms with Gasteiger partial charge < -0.3 is 0 Å². The third-order valence-electron chi connectivity index (χ3n) is 5.15. The van der Waals surface area contributed by atoms with E-state index in [-0.39, 0.29) is 23.0 Å². The van der Waals surface area contributed by atoms with Crippen LogP contribution in [0.2, 0.25) is 15.1 Å². The zero-order chi connectivity index (χ0) is 23.6. The van der Waals surface area contributed by atoms with Gasteiger partial charge in [0.25, 0.3) is 0 Å². The second kappa shape index (κ2) is 9.72. The van der Waals surface area contributed by atoms with Crippen molar-refractivity contribution in [1.82, 2.24) is 4.72 Å². The van der Waals surface area contributed by atoms with Gasteiger partial charge in [-0.1, -0.05) is 59.1 Å². The van der Waals surface area contributed by atoms with E-state index in [1.807, 2.05) is 18.2 Å². The largest absolute Gasteiger partial charge is 0.256 e. The SMILES string of the molecule is N#Cc1ccccc1S(=O)(=O)NCC1=NN(c2ccc(Cl)cc2Cl)C(c2ccc(Cl)cc2)C1. The van der Waals surface area contributed by atoms with Crippen LogP contribution in [0.5, 0.6) is 0 Å². The van der Waals surface area contributed by atoms with E-state index in [0.29, 0.717) is 32.9 Å². The van der Waals surface area contributed by atoms with Gasteiger partial charge in [-0.3, -0.25) is 5.01 Å². The molecule has 0 saturated heterocycles. The predicted molar refractivity (Wildman–Crippen MR) is 132 cm³/mol. The lowest BCUT2D eigenvalue weighted by molar-refractivity contribution is 0.586. The van der Waals surface area contributed by atoms with Crippen molar-refractivity contribution in [3.63, 3.8) is 0 Å². The van der Waals surface area contributed by atoms with Crippen molar-refractivity contribution in [2.75, 3.05) is 11.6 Å². The van der Waals surface area contributed by atoms with Crippen LogP contribution in [0.15, 0.2) is 76.7 Å². The molecule has 0 aliphatic carbocycles. The lowest BCUT2D eigenvalue weighted by atomic mass is 10.0. The Balaban J connectivity index is 1.63. The van der Waals surface area contributed by atoms with Gasteiger partial charge in [-0.25, -0.2) is 13.1 Å². The number of nitrogens with zero attached hydrogens (tertiary/aromatic N) is 3. The first-order valence-corrected chi connectivity index (χ1v) is 12.4. The predicted octanol–water partition coefficient (Wildman–Crippen LogP) is 5.80. The quantitative estimate of drug-likeness (QED) is 0.446. The van der Waals surface area contributed by atoms with Gasteiger partial charge in [-0.2, -0.15) is 10.4 Å². The molecule has 1 aliphatic heterocycles. The summed E-state index contributed by atoms with van der Waals surface area (Å²) in [5.41, 5.74) is 2.28. The van der Waals surface area contributed by atoms with Gasteiger partial charge in [-0.15, -0.1) is 0 Å². The molecule has 1 N–H and O–H groups in total. The number of benzene rings is 3. The van der Waals surface area contributed by atoms with Crippen molar-refractivity contribution < 1.29 is 8.42 Å². The van der Waals surface area contributed by atoms with E-state index in [0.717, 1.165) is 5.56 Å². The smallest absolute Gasteiger partial charge is 0.242 e. The molecular weight excluding hydrogens is 503 g/mol. The molecule has 168 valence electrons. The van der Waals surface area contributed by atoms with Gasteiger partial charge in [0.1, 0.15) is 6.07 Å². The first kappa shape index (κ1) is 23.6. The molecule has 1 aliphatic rings. The van der Waals surface area contributed by atoms with Crippen LogP contribution < -0.4 is 9.73 Å². The lowest BCUT2D eigenvalue weighted by Gasteiger charge is -2.25. The van der Waals surface area contributed by atoms with Crippen molar-refractivity contribution in [1.29, 1.82) is 5.26 Å². The molecule has 1 unspecified atom stereocenters. The number of nitriles is 1. The summed E-state index contributed by atoms with van der Waals surface area (Å²) in [7, 11) is -3.91. The topological polar surface area (TPSA) is 85.6 Å². The molecule has 0 fully saturated rings. The Kier molecular flexibility index (Phi) is 6.94. The number of hydrogen-bond donors (Lipinski definition) is 1. The molecule has 0 bridgehead atoms. The number of sulfonamides is 1. The Hall–Kier alpha value is -2.60. The maximum absolute atomic E-state index is 12.8. The van der Waals surface area contributed by atoms with Crippen LogP contribution in [0.3, 0.4) is 0 Å². The lowest BCUT2D eigenvalue weighted by Crippen LogP contribution is -2.29. The maximum Gasteiger partial charge on any atom is 0.242 e. The molecule has 0 radical (unpaired) electrons. The van der Waals surface area contributed by atoms with E-state index in [1.165, 1.54) is 12.1 Å². The monoisotopic (exact) mass is 518 g/mol. The third kappa shape index (κ3) is 5.16. The molecule has 1 heterocycles. The van der Waals surface area contributed by atoms with Gasteiger partial charge in [0.15, 0.2) is 0 Å². The van der Waals surface area contributed by atoms with E-state index in [1.54, 1.807) is 47.5 Å². The van der Waals surface area contributed by atoms with E-state index in [4.69, 9.17) is 34.8 Å². The fourth-order valence-corrected chi connectivity index (χ4v) is 5.36. The summed E-state index contributed by atoms with van der Waals surface area (Å²) in [6, 6.07) is 20.2. The molecule has 0 spiro atoms. The summed E-state index contributed by atoms with van der Waals surface area (Å²) in [6.07, 6.45) is 0.461. The summed E-state index contributed by atoms with van der Waals surface area (Å²) in [5.74, 6) is 0. The zero-order valence-electron chi connectivity index (χ0n) is 17.0. The van der Waals surface area contributed by atoms with Crippen molar-refractivity contribution >= 4 is 56.2 Å². The summed E-state index contributed by atoms with van der Waals surface area (Å²) in [6.45, 7) is -0.0199. The minimum absolute atomic E-state index is 0.0199. The molecule has 0 amide bonds. The Morgan fingerprint density at radius 1 is 1.03 bits per heavy atom. The van der Waals surface area contributed by atoms with Gasteiger partial charge >= 0.3 is 0 Å². The highest BCUT2D eigenvalue weighted by molar-refractivity contribution is 7.89. The number of halogens is 3. The minimum Gasteiger partial charge on any atom is -0.256 e. The van der Waals surface area contributed by atoms with Crippen molar-refractivity contribution in [2.45, 2.75) is 17.4 Å². The fraction of sp³-hybridized carbons (Fsp3) is 0.130. The molecule has 33 heavy (non-hydrogen) atoms. The first-order valence-electron chi connectivity index (χ1n) is 9.83. The Bertz CT molecular complexity index is 1370. The van der Waals surface area contributed by atoms with Gasteiger partial charge in [0.2, 0.25) is 10.0 Å². The van der Waals surface area contributed by atoms with E-state index in [2.05, 4.69) is 9.82 Å². The van der Waals surface area contributed by atoms with Crippen molar-refractivity contribution in [2.24, 2.45) is 5.10 Å². The standard InChI is InChI=1S/C23H17Cl3N4O2S/c24-17-7-5-15(6-8-17)22-12-19(29-30(22)21-10-9-18(25)11-20(21)26)14-28-33(31,32)23-4-2-1-3-16(23)13-27/h1-11,22,28H,12,14H2. The van der Waals surface area contributed by atoms with Gasteiger partial charge in [0.05, 0.1) is 39.5 Å². The molecule has 10 heteroatoms. The summed E-state index contributed by atoms with van der Waals surface area (Å²) < 4.78 is 28.2. The average molecular weight is 520 g/mol. The highest BCUT2D eigenvalue weighted by Crippen LogP contribution is 2.39. The van der Waals surface area contributed by atoms with E-state index in [9.17, 15) is 13.7 Å². The van der Waals surface area contributed by atoms with Crippen LogP contribution in [-0.2, 0) is 10.0 Å². The van der Waals surface area contributed by atoms with Crippen LogP contribution in [0.1, 0.15) is 23.6 Å². The number of anilines is 1. The van der Waals surface area contributed by atoms with Crippen molar-refractivity contribution in [3.05, 3.63) is 92.9 Å². The first-order chi connectivity index (χ1) is 15.8. The number of hydrogen-bond acceptors (Lipinski definition) is 5. The average Bonchev–Trinajstić information content (AvgIpc) is 3.22. The maximum atomic E-state index is 12.8. The third-order valence-corrected chi connectivity index (χ3v) is 7.40. The zero-order valence-corrected chi connectivity index (χ0v) is 20.1. The molecule has 0 aromatic heterocycles. The minimum atomic E-state index is -3.91. The van der Waals surface area contributed by atoms with Gasteiger partial charge in [-0.05, 0) is 48.0 Å². The Morgan fingerprint density at radius 3 is 2.42 bits per heavy atom. The molecule has 6 nitrogen and oxygen atoms in total. The number of rotatable bonds is 6. The van der Waals surface area contributed by atoms with E-state index < -0.39 is 10.0 Å². The second-order valence-corrected chi connectivity index (χ2v) is 10.3. The van der Waals surface area contributed by atoms with Crippen LogP contribution in [0.4, 0.5) is 5.69 Å². The van der Waals surface area contributed by atoms with Crippen LogP contribution >= 0.6 is 34.8 Å². The van der Waals surface area contributed by atoms with E-state index >= 15 is 0 Å². The summed E-state index contributed by atoms with van der Waals surface area (Å²) in [5, 5.41) is 17.2. The van der Waals surface area contributed by atoms with Crippen LogP contribution in [0, 0.1) is 11.3 Å². The highest BCUT2D eigenvalue weighted by Gasteiger charge is 2.31. The normalized spacial score (nSPS) is 15.9. The summed E-state index contributed by atoms with van der Waals surface area (Å²) >= 11 is 18.5. The van der Waals surface area contributed by atoms with Crippen LogP contribution in [0.25, 0.3) is 0 Å². The molecule has 4 rings (SSSR count). The molecule has 0 saturated carbocycles. The fourth-order valence-electron chi connectivity index (χ4n) is 3.56. The molecule has 3 aromatic carbocycles. The van der Waals surface area contributed by atoms with Crippen molar-refractivity contribution in [3.8, 4) is 6.07 Å². The van der Waals surface area contributed by atoms with Gasteiger partial charge in [0, 0.05) is 16.5 Å². The Morgan fingerprint density at radius 2 is 1.73 bits per heavy atom. The second-order valence-electron chi connectivity index (χ2n) is 7.31. The molecule has 1 atom stereocenters. The highest BCUT2D eigenvalue weighted by atomic mass is 35.5. The van der Waals surface area contributed by atoms with Crippen LogP contribution in [-0.4, -0.2) is 20.7 Å². The Labute approximate surface area is 207 Å². The number of nitrogens with one attached hydrogen (secondary N) is 1. The number of hydrazone groups is 1. The molecule has 3 aromatic rings.